The Labute approximate surface area is 159 Å². The summed E-state index contributed by atoms with van der Waals surface area (Å²) in [6.07, 6.45) is 0. The first-order valence-electron chi connectivity index (χ1n) is 8.47. The number of ketones is 1. The van der Waals surface area contributed by atoms with Crippen LogP contribution in [-0.4, -0.2) is 31.6 Å². The lowest BCUT2D eigenvalue weighted by atomic mass is 10.1. The Hall–Kier alpha value is -4.01. The number of benzene rings is 2. The average Bonchev–Trinajstić information content (AvgIpc) is 3.25. The van der Waals surface area contributed by atoms with Crippen molar-refractivity contribution in [2.24, 2.45) is 0 Å². The van der Waals surface area contributed by atoms with Gasteiger partial charge in [-0.05, 0) is 41.5 Å². The fourth-order valence-corrected chi connectivity index (χ4v) is 2.93. The minimum absolute atomic E-state index is 0.0353. The van der Waals surface area contributed by atoms with Gasteiger partial charge < -0.3 is 15.6 Å². The van der Waals surface area contributed by atoms with Gasteiger partial charge in [0.2, 0.25) is 5.91 Å². The van der Waals surface area contributed by atoms with E-state index < -0.39 is 0 Å². The third-order valence-electron chi connectivity index (χ3n) is 4.23. The number of nitrogens with one attached hydrogen (secondary N) is 1. The normalized spacial score (nSPS) is 10.9. The first-order chi connectivity index (χ1) is 13.5. The third kappa shape index (κ3) is 3.20. The number of anilines is 2. The van der Waals surface area contributed by atoms with Crippen molar-refractivity contribution in [1.82, 2.24) is 19.9 Å². The number of carbonyl (C=O) groups excluding carboxylic acids is 2. The molecule has 0 unspecified atom stereocenters. The van der Waals surface area contributed by atoms with Gasteiger partial charge in [0.1, 0.15) is 6.54 Å². The molecule has 0 spiro atoms. The van der Waals surface area contributed by atoms with Crippen LogP contribution >= 0.6 is 0 Å². The van der Waals surface area contributed by atoms with Crippen LogP contribution in [0.1, 0.15) is 17.3 Å². The Morgan fingerprint density at radius 1 is 1.14 bits per heavy atom. The summed E-state index contributed by atoms with van der Waals surface area (Å²) >= 11 is 0. The molecule has 0 saturated heterocycles. The van der Waals surface area contributed by atoms with Gasteiger partial charge in [0.05, 0.1) is 11.0 Å². The van der Waals surface area contributed by atoms with Crippen molar-refractivity contribution in [2.75, 3.05) is 11.1 Å². The quantitative estimate of drug-likeness (QED) is 0.512. The maximum absolute atomic E-state index is 12.7. The second-order valence-corrected chi connectivity index (χ2v) is 6.19. The average molecular weight is 376 g/mol. The van der Waals surface area contributed by atoms with Crippen LogP contribution in [0, 0.1) is 0 Å². The molecule has 28 heavy (non-hydrogen) atoms. The lowest BCUT2D eigenvalue weighted by Crippen LogP contribution is -2.19. The van der Waals surface area contributed by atoms with E-state index in [-0.39, 0.29) is 29.7 Å². The van der Waals surface area contributed by atoms with Gasteiger partial charge in [-0.2, -0.15) is 0 Å². The number of hydrogen-bond acceptors (Lipinski definition) is 7. The van der Waals surface area contributed by atoms with E-state index in [1.54, 1.807) is 28.8 Å². The largest absolute Gasteiger partial charge is 0.379 e. The van der Waals surface area contributed by atoms with E-state index in [4.69, 9.17) is 5.73 Å². The van der Waals surface area contributed by atoms with Gasteiger partial charge in [0.15, 0.2) is 23.1 Å². The monoisotopic (exact) mass is 376 g/mol. The molecule has 140 valence electrons. The molecular weight excluding hydrogens is 360 g/mol. The number of fused-ring (bicyclic) bond motifs is 1. The minimum Gasteiger partial charge on any atom is -0.379 e. The molecule has 0 fully saturated rings. The minimum atomic E-state index is -0.292. The Bertz CT molecular complexity index is 1190. The molecule has 0 radical (unpaired) electrons. The topological polar surface area (TPSA) is 129 Å². The van der Waals surface area contributed by atoms with Crippen LogP contribution in [0.3, 0.4) is 0 Å². The number of nitrogen functional groups attached to an aromatic ring is 1. The van der Waals surface area contributed by atoms with E-state index in [0.717, 1.165) is 5.52 Å². The van der Waals surface area contributed by atoms with E-state index in [2.05, 4.69) is 25.2 Å². The number of aromatic nitrogens is 4. The van der Waals surface area contributed by atoms with Crippen molar-refractivity contribution in [3.05, 3.63) is 54.1 Å². The van der Waals surface area contributed by atoms with Crippen molar-refractivity contribution in [2.45, 2.75) is 13.5 Å². The highest BCUT2D eigenvalue weighted by Crippen LogP contribution is 2.26. The van der Waals surface area contributed by atoms with Gasteiger partial charge >= 0.3 is 0 Å². The first-order valence-corrected chi connectivity index (χ1v) is 8.47. The Balaban J connectivity index is 1.67. The molecule has 2 aromatic carbocycles. The van der Waals surface area contributed by atoms with Crippen LogP contribution in [0.2, 0.25) is 0 Å². The summed E-state index contributed by atoms with van der Waals surface area (Å²) in [5, 5.41) is 10.2. The number of nitrogens with zero attached hydrogens (tertiary/aromatic N) is 4. The highest BCUT2D eigenvalue weighted by atomic mass is 16.6. The molecule has 9 heteroatoms. The van der Waals surface area contributed by atoms with Gasteiger partial charge in [-0.1, -0.05) is 24.3 Å². The van der Waals surface area contributed by atoms with Gasteiger partial charge in [0.25, 0.3) is 0 Å². The molecule has 0 saturated carbocycles. The summed E-state index contributed by atoms with van der Waals surface area (Å²) in [6, 6.07) is 14.1. The predicted molar refractivity (Wildman–Crippen MR) is 103 cm³/mol. The lowest BCUT2D eigenvalue weighted by molar-refractivity contribution is -0.116. The number of imidazole rings is 1. The maximum Gasteiger partial charge on any atom is 0.244 e. The predicted octanol–water partition coefficient (Wildman–Crippen LogP) is 2.51. The fraction of sp³-hybridized carbons (Fsp3) is 0.105. The number of rotatable bonds is 5. The Kier molecular flexibility index (Phi) is 4.32. The van der Waals surface area contributed by atoms with Crippen LogP contribution in [0.25, 0.3) is 22.6 Å². The van der Waals surface area contributed by atoms with Crippen molar-refractivity contribution in [3.8, 4) is 11.5 Å². The van der Waals surface area contributed by atoms with Crippen LogP contribution in [0.15, 0.2) is 53.2 Å². The SMILES string of the molecule is CC(=O)c1cccc(NC(=O)Cn2c(-c3nonc3N)nc3ccccc32)c1. The summed E-state index contributed by atoms with van der Waals surface area (Å²) in [7, 11) is 0. The summed E-state index contributed by atoms with van der Waals surface area (Å²) < 4.78 is 6.37. The molecule has 0 atom stereocenters. The highest BCUT2D eigenvalue weighted by Gasteiger charge is 2.20. The van der Waals surface area contributed by atoms with Crippen LogP contribution in [-0.2, 0) is 11.3 Å². The number of hydrogen-bond donors (Lipinski definition) is 2. The van der Waals surface area contributed by atoms with E-state index in [1.165, 1.54) is 6.92 Å². The van der Waals surface area contributed by atoms with Gasteiger partial charge in [-0.25, -0.2) is 9.61 Å². The summed E-state index contributed by atoms with van der Waals surface area (Å²) in [4.78, 5) is 28.7. The van der Waals surface area contributed by atoms with E-state index in [0.29, 0.717) is 22.6 Å². The molecule has 1 amide bonds. The van der Waals surface area contributed by atoms with Crippen molar-refractivity contribution >= 4 is 34.2 Å². The van der Waals surface area contributed by atoms with Crippen molar-refractivity contribution < 1.29 is 14.2 Å². The zero-order valence-electron chi connectivity index (χ0n) is 14.9. The molecule has 0 aliphatic carbocycles. The molecule has 3 N–H and O–H groups in total. The zero-order valence-corrected chi connectivity index (χ0v) is 14.9. The van der Waals surface area contributed by atoms with Crippen molar-refractivity contribution in [1.29, 1.82) is 0 Å². The van der Waals surface area contributed by atoms with Crippen LogP contribution in [0.4, 0.5) is 11.5 Å². The molecule has 4 aromatic rings. The van der Waals surface area contributed by atoms with Gasteiger partial charge in [-0.3, -0.25) is 9.59 Å². The van der Waals surface area contributed by atoms with Crippen LogP contribution in [0.5, 0.6) is 0 Å². The number of Topliss-reactive ketones (excluding diaryl/α,β-unsaturated/α-hetero) is 1. The lowest BCUT2D eigenvalue weighted by Gasteiger charge is -2.10. The number of amides is 1. The third-order valence-corrected chi connectivity index (χ3v) is 4.23. The summed E-state index contributed by atoms with van der Waals surface area (Å²) in [5.41, 5.74) is 8.56. The second kappa shape index (κ2) is 6.95. The van der Waals surface area contributed by atoms with Crippen LogP contribution < -0.4 is 11.1 Å². The molecule has 2 heterocycles. The molecule has 9 nitrogen and oxygen atoms in total. The van der Waals surface area contributed by atoms with Gasteiger partial charge in [0, 0.05) is 11.3 Å². The number of nitrogens with two attached hydrogens (primary N) is 1. The number of carbonyl (C=O) groups is 2. The standard InChI is InChI=1S/C19H16N6O3/c1-11(26)12-5-4-6-13(9-12)21-16(27)10-25-15-8-3-2-7-14(15)22-19(25)17-18(20)24-28-23-17/h2-9H,10H2,1H3,(H2,20,24)(H,21,27). The molecule has 0 bridgehead atoms. The van der Waals surface area contributed by atoms with Crippen molar-refractivity contribution in [3.63, 3.8) is 0 Å². The fourth-order valence-electron chi connectivity index (χ4n) is 2.93. The van der Waals surface area contributed by atoms with E-state index >= 15 is 0 Å². The Morgan fingerprint density at radius 3 is 2.71 bits per heavy atom. The summed E-state index contributed by atoms with van der Waals surface area (Å²) in [6.45, 7) is 1.44. The van der Waals surface area contributed by atoms with Gasteiger partial charge in [-0.15, -0.1) is 0 Å². The first kappa shape index (κ1) is 17.4. The zero-order chi connectivity index (χ0) is 19.7. The molecule has 0 aliphatic rings. The smallest absolute Gasteiger partial charge is 0.244 e. The molecule has 0 aliphatic heterocycles. The summed E-state index contributed by atoms with van der Waals surface area (Å²) in [5.74, 6) is 0.104. The molecular formula is C19H16N6O3. The number of para-hydroxylation sites is 2. The maximum atomic E-state index is 12.7. The highest BCUT2D eigenvalue weighted by molar-refractivity contribution is 5.97. The Morgan fingerprint density at radius 2 is 1.96 bits per heavy atom. The molecule has 2 aromatic heterocycles. The van der Waals surface area contributed by atoms with E-state index in [1.807, 2.05) is 24.3 Å². The second-order valence-electron chi connectivity index (χ2n) is 6.19. The van der Waals surface area contributed by atoms with E-state index in [9.17, 15) is 9.59 Å². The molecule has 4 rings (SSSR count).